The Kier molecular flexibility index (Phi) is 5.94. The number of hydrogen-bond donors (Lipinski definition) is 0. The van der Waals surface area contributed by atoms with E-state index in [4.69, 9.17) is 0 Å². The number of halogens is 2. The molecule has 24 heavy (non-hydrogen) atoms. The molecule has 0 heterocycles. The van der Waals surface area contributed by atoms with Crippen LogP contribution in [0, 0.1) is 42.2 Å². The van der Waals surface area contributed by atoms with Crippen LogP contribution in [0.4, 0.5) is 8.78 Å². The minimum Gasteiger partial charge on any atom is -0.203 e. The van der Waals surface area contributed by atoms with Crippen LogP contribution >= 0.6 is 0 Å². The summed E-state index contributed by atoms with van der Waals surface area (Å²) in [6.45, 7) is 4.01. The molecule has 0 N–H and O–H groups in total. The Hall–Kier alpha value is -0.920. The fourth-order valence-electron chi connectivity index (χ4n) is 4.94. The van der Waals surface area contributed by atoms with Gasteiger partial charge in [0.2, 0.25) is 0 Å². The van der Waals surface area contributed by atoms with Crippen molar-refractivity contribution in [1.29, 1.82) is 0 Å². The molecule has 138 valence electrons. The fourth-order valence-corrected chi connectivity index (χ4v) is 4.94. The van der Waals surface area contributed by atoms with Gasteiger partial charge >= 0.3 is 0 Å². The second kappa shape index (κ2) is 7.97. The van der Waals surface area contributed by atoms with Crippen molar-refractivity contribution in [2.45, 2.75) is 78.1 Å². The lowest BCUT2D eigenvalue weighted by atomic mass is 9.69. The van der Waals surface area contributed by atoms with E-state index in [1.165, 1.54) is 51.4 Å². The second-order valence-corrected chi connectivity index (χ2v) is 8.51. The van der Waals surface area contributed by atoms with Crippen LogP contribution in [0.25, 0.3) is 0 Å². The Balaban J connectivity index is 0.00000169. The molecule has 1 aromatic rings. The van der Waals surface area contributed by atoms with Gasteiger partial charge in [-0.25, -0.2) is 8.78 Å². The van der Waals surface area contributed by atoms with E-state index in [0.29, 0.717) is 23.5 Å². The highest BCUT2D eigenvalue weighted by molar-refractivity contribution is 5.25. The molecule has 0 unspecified atom stereocenters. The Morgan fingerprint density at radius 1 is 0.875 bits per heavy atom. The van der Waals surface area contributed by atoms with Gasteiger partial charge in [-0.05, 0) is 80.2 Å². The van der Waals surface area contributed by atoms with Crippen LogP contribution in [-0.4, -0.2) is 0 Å². The van der Waals surface area contributed by atoms with Crippen LogP contribution in [0.1, 0.15) is 78.7 Å². The topological polar surface area (TPSA) is 0 Å². The van der Waals surface area contributed by atoms with Crippen molar-refractivity contribution in [3.05, 3.63) is 34.9 Å². The average Bonchev–Trinajstić information content (AvgIpc) is 2.60. The summed E-state index contributed by atoms with van der Waals surface area (Å²) in [5.41, 5.74) is 0.958. The Morgan fingerprint density at radius 2 is 1.46 bits per heavy atom. The Morgan fingerprint density at radius 3 is 2.08 bits per heavy atom. The zero-order chi connectivity index (χ0) is 17.1. The van der Waals surface area contributed by atoms with E-state index in [1.54, 1.807) is 19.1 Å². The van der Waals surface area contributed by atoms with Gasteiger partial charge in [0.05, 0.1) is 0 Å². The molecule has 0 radical (unpaired) electrons. The summed E-state index contributed by atoms with van der Waals surface area (Å²) in [4.78, 5) is 0. The summed E-state index contributed by atoms with van der Waals surface area (Å²) < 4.78 is 27.6. The third kappa shape index (κ3) is 4.18. The molecule has 3 rings (SSSR count). The van der Waals surface area contributed by atoms with Crippen LogP contribution in [0.2, 0.25) is 0 Å². The predicted octanol–water partition coefficient (Wildman–Crippen LogP) is 7.33. The maximum atomic E-state index is 14.0. The molecule has 1 aromatic carbocycles. The molecule has 0 spiro atoms. The van der Waals surface area contributed by atoms with Gasteiger partial charge in [0.15, 0.2) is 11.6 Å². The standard InChI is InChI=1S/C22H32F2.2H2/c1-15-3-9-18(10-4-15)19-12-6-17(7-13-19)8-14-20-11-5-16(2)21(23)22(20)24;;/h5,11,15,17-19H,3-4,6-10,12-14H2,1-2H3;2*1H. The Labute approximate surface area is 149 Å². The summed E-state index contributed by atoms with van der Waals surface area (Å²) in [6.07, 6.45) is 12.7. The van der Waals surface area contributed by atoms with E-state index in [0.717, 1.165) is 24.2 Å². The molecule has 0 amide bonds. The van der Waals surface area contributed by atoms with Crippen molar-refractivity contribution in [1.82, 2.24) is 0 Å². The largest absolute Gasteiger partial charge is 0.203 e. The fraction of sp³-hybridized carbons (Fsp3) is 0.727. The number of benzene rings is 1. The van der Waals surface area contributed by atoms with Crippen molar-refractivity contribution in [3.63, 3.8) is 0 Å². The Bertz CT molecular complexity index is 545. The van der Waals surface area contributed by atoms with Gasteiger partial charge in [-0.1, -0.05) is 44.7 Å². The van der Waals surface area contributed by atoms with Gasteiger partial charge in [0, 0.05) is 2.85 Å². The average molecular weight is 339 g/mol. The van der Waals surface area contributed by atoms with E-state index in [1.807, 2.05) is 0 Å². The van der Waals surface area contributed by atoms with Crippen molar-refractivity contribution in [3.8, 4) is 0 Å². The van der Waals surface area contributed by atoms with Crippen molar-refractivity contribution in [2.75, 3.05) is 0 Å². The maximum absolute atomic E-state index is 14.0. The molecular weight excluding hydrogens is 302 g/mol. The quantitative estimate of drug-likeness (QED) is 0.539. The second-order valence-electron chi connectivity index (χ2n) is 8.51. The molecule has 0 saturated heterocycles. The smallest absolute Gasteiger partial charge is 0.162 e. The summed E-state index contributed by atoms with van der Waals surface area (Å²) in [5, 5.41) is 0. The van der Waals surface area contributed by atoms with Crippen LogP contribution in [-0.2, 0) is 6.42 Å². The van der Waals surface area contributed by atoms with Crippen LogP contribution in [0.3, 0.4) is 0 Å². The SMILES string of the molecule is Cc1ccc(CCC2CCC(C3CCC(C)CC3)CC2)c(F)c1F.[HH].[HH]. The van der Waals surface area contributed by atoms with Crippen molar-refractivity contribution in [2.24, 2.45) is 23.7 Å². The lowest BCUT2D eigenvalue weighted by Crippen LogP contribution is -2.25. The summed E-state index contributed by atoms with van der Waals surface area (Å²) in [6, 6.07) is 3.47. The van der Waals surface area contributed by atoms with Crippen molar-refractivity contribution < 1.29 is 11.6 Å². The monoisotopic (exact) mass is 338 g/mol. The predicted molar refractivity (Wildman–Crippen MR) is 100 cm³/mol. The molecule has 0 nitrogen and oxygen atoms in total. The molecule has 0 atom stereocenters. The third-order valence-corrected chi connectivity index (χ3v) is 6.80. The van der Waals surface area contributed by atoms with Gasteiger partial charge in [0.25, 0.3) is 0 Å². The van der Waals surface area contributed by atoms with E-state index in [9.17, 15) is 8.78 Å². The van der Waals surface area contributed by atoms with Crippen LogP contribution in [0.15, 0.2) is 12.1 Å². The molecule has 2 heteroatoms. The van der Waals surface area contributed by atoms with E-state index < -0.39 is 11.6 Å². The molecule has 2 fully saturated rings. The van der Waals surface area contributed by atoms with Crippen molar-refractivity contribution >= 4 is 0 Å². The minimum atomic E-state index is -0.664. The highest BCUT2D eigenvalue weighted by Crippen LogP contribution is 2.42. The molecule has 2 aliphatic carbocycles. The molecule has 0 aliphatic heterocycles. The molecular formula is C22H36F2. The molecule has 2 aliphatic rings. The zero-order valence-corrected chi connectivity index (χ0v) is 15.3. The van der Waals surface area contributed by atoms with Crippen LogP contribution < -0.4 is 0 Å². The molecule has 0 bridgehead atoms. The number of hydrogen-bond acceptors (Lipinski definition) is 0. The minimum absolute atomic E-state index is 0. The lowest BCUT2D eigenvalue weighted by molar-refractivity contribution is 0.147. The van der Waals surface area contributed by atoms with Gasteiger partial charge < -0.3 is 0 Å². The molecule has 2 saturated carbocycles. The van der Waals surface area contributed by atoms with Gasteiger partial charge in [-0.2, -0.15) is 0 Å². The first-order valence-electron chi connectivity index (χ1n) is 9.98. The lowest BCUT2D eigenvalue weighted by Gasteiger charge is -2.37. The summed E-state index contributed by atoms with van der Waals surface area (Å²) in [5.74, 6) is 2.24. The first-order chi connectivity index (χ1) is 11.5. The van der Waals surface area contributed by atoms with Gasteiger partial charge in [0.1, 0.15) is 0 Å². The number of aryl methyl sites for hydroxylation is 2. The first kappa shape index (κ1) is 17.9. The summed E-state index contributed by atoms with van der Waals surface area (Å²) >= 11 is 0. The number of rotatable bonds is 4. The first-order valence-corrected chi connectivity index (χ1v) is 9.98. The normalized spacial score (nSPS) is 31.2. The van der Waals surface area contributed by atoms with E-state index in [-0.39, 0.29) is 2.85 Å². The van der Waals surface area contributed by atoms with Gasteiger partial charge in [-0.15, -0.1) is 0 Å². The zero-order valence-electron chi connectivity index (χ0n) is 15.3. The van der Waals surface area contributed by atoms with E-state index >= 15 is 0 Å². The van der Waals surface area contributed by atoms with E-state index in [2.05, 4.69) is 6.92 Å². The summed E-state index contributed by atoms with van der Waals surface area (Å²) in [7, 11) is 0. The highest BCUT2D eigenvalue weighted by atomic mass is 19.2. The molecule has 0 aromatic heterocycles. The maximum Gasteiger partial charge on any atom is 0.162 e. The third-order valence-electron chi connectivity index (χ3n) is 6.80. The van der Waals surface area contributed by atoms with Crippen LogP contribution in [0.5, 0.6) is 0 Å². The highest BCUT2D eigenvalue weighted by Gasteiger charge is 2.29. The van der Waals surface area contributed by atoms with Gasteiger partial charge in [-0.3, -0.25) is 0 Å².